The second-order valence-corrected chi connectivity index (χ2v) is 8.24. The number of benzene rings is 2. The summed E-state index contributed by atoms with van der Waals surface area (Å²) in [4.78, 5) is 16.9. The van der Waals surface area contributed by atoms with E-state index in [9.17, 15) is 31.1 Å². The van der Waals surface area contributed by atoms with Gasteiger partial charge in [-0.05, 0) is 54.3 Å². The van der Waals surface area contributed by atoms with Crippen LogP contribution in [0.2, 0.25) is 0 Å². The van der Waals surface area contributed by atoms with Gasteiger partial charge in [-0.2, -0.15) is 26.3 Å². The third-order valence-electron chi connectivity index (χ3n) is 5.55. The number of alkyl halides is 6. The van der Waals surface area contributed by atoms with Gasteiger partial charge in [0.1, 0.15) is 5.69 Å². The van der Waals surface area contributed by atoms with Crippen LogP contribution in [0.3, 0.4) is 0 Å². The number of hydrogen-bond donors (Lipinski definition) is 1. The third-order valence-corrected chi connectivity index (χ3v) is 5.55. The van der Waals surface area contributed by atoms with Crippen molar-refractivity contribution in [1.82, 2.24) is 14.9 Å². The quantitative estimate of drug-likeness (QED) is 0.333. The number of halogens is 6. The van der Waals surface area contributed by atoms with E-state index in [1.165, 1.54) is 41.4 Å². The molecule has 0 saturated carbocycles. The molecule has 10 heteroatoms. The first-order valence-corrected chi connectivity index (χ1v) is 11.2. The number of nitrogens with zero attached hydrogens (tertiary/aromatic N) is 2. The normalized spacial score (nSPS) is 12.3. The Kier molecular flexibility index (Phi) is 7.92. The molecule has 3 aromatic rings. The van der Waals surface area contributed by atoms with Crippen molar-refractivity contribution in [2.75, 3.05) is 0 Å². The van der Waals surface area contributed by atoms with E-state index in [4.69, 9.17) is 0 Å². The van der Waals surface area contributed by atoms with Crippen LogP contribution in [0.1, 0.15) is 61.1 Å². The Labute approximate surface area is 199 Å². The molecule has 1 amide bonds. The second-order valence-electron chi connectivity index (χ2n) is 8.24. The lowest BCUT2D eigenvalue weighted by atomic mass is 9.99. The fourth-order valence-corrected chi connectivity index (χ4v) is 3.85. The van der Waals surface area contributed by atoms with Crippen molar-refractivity contribution in [2.24, 2.45) is 0 Å². The van der Waals surface area contributed by atoms with Gasteiger partial charge in [-0.3, -0.25) is 9.36 Å². The summed E-state index contributed by atoms with van der Waals surface area (Å²) in [7, 11) is 0. The molecule has 0 radical (unpaired) electrons. The van der Waals surface area contributed by atoms with Crippen LogP contribution in [0, 0.1) is 0 Å². The van der Waals surface area contributed by atoms with Crippen LogP contribution in [0.15, 0.2) is 55.0 Å². The Morgan fingerprint density at radius 1 is 0.886 bits per heavy atom. The van der Waals surface area contributed by atoms with E-state index in [1.807, 2.05) is 13.8 Å². The zero-order chi connectivity index (χ0) is 25.8. The predicted molar refractivity (Wildman–Crippen MR) is 120 cm³/mol. The summed E-state index contributed by atoms with van der Waals surface area (Å²) in [5.74, 6) is -0.314. The minimum Gasteiger partial charge on any atom is -0.348 e. The standard InChI is InChI=1S/C25H25F6N3O/c1-3-5-20(6-4-2)33-23(35)22-14-32-15-34(22)21-9-7-16(8-10-21)17-11-18(24(26,27)28)13-19(12-17)25(29,30)31/h7-15,20H,3-6H2,1-2H3,(H,33,35). The molecule has 0 unspecified atom stereocenters. The summed E-state index contributed by atoms with van der Waals surface area (Å²) < 4.78 is 80.7. The molecule has 3 rings (SSSR count). The van der Waals surface area contributed by atoms with Gasteiger partial charge in [-0.15, -0.1) is 0 Å². The predicted octanol–water partition coefficient (Wildman–Crippen LogP) is 7.28. The molecule has 188 valence electrons. The Bertz CT molecular complexity index is 1110. The minimum atomic E-state index is -4.93. The molecule has 1 N–H and O–H groups in total. The number of rotatable bonds is 8. The first-order valence-electron chi connectivity index (χ1n) is 11.2. The highest BCUT2D eigenvalue weighted by molar-refractivity contribution is 5.93. The van der Waals surface area contributed by atoms with Crippen molar-refractivity contribution in [3.8, 4) is 16.8 Å². The van der Waals surface area contributed by atoms with Crippen molar-refractivity contribution in [3.63, 3.8) is 0 Å². The van der Waals surface area contributed by atoms with Gasteiger partial charge in [-0.25, -0.2) is 4.98 Å². The van der Waals surface area contributed by atoms with Crippen molar-refractivity contribution in [3.05, 3.63) is 71.8 Å². The molecule has 0 atom stereocenters. The zero-order valence-electron chi connectivity index (χ0n) is 19.2. The third kappa shape index (κ3) is 6.43. The fourth-order valence-electron chi connectivity index (χ4n) is 3.85. The molecule has 0 aliphatic carbocycles. The number of amides is 1. The summed E-state index contributed by atoms with van der Waals surface area (Å²) in [5, 5.41) is 3.00. The van der Waals surface area contributed by atoms with E-state index < -0.39 is 23.5 Å². The molecule has 0 aliphatic rings. The lowest BCUT2D eigenvalue weighted by molar-refractivity contribution is -0.143. The van der Waals surface area contributed by atoms with Gasteiger partial charge < -0.3 is 5.32 Å². The number of nitrogens with one attached hydrogen (secondary N) is 1. The summed E-state index contributed by atoms with van der Waals surface area (Å²) in [6.07, 6.45) is -3.54. The first kappa shape index (κ1) is 26.3. The van der Waals surface area contributed by atoms with Gasteiger partial charge in [0.05, 0.1) is 23.7 Å². The van der Waals surface area contributed by atoms with E-state index in [-0.39, 0.29) is 34.8 Å². The van der Waals surface area contributed by atoms with E-state index in [0.717, 1.165) is 25.7 Å². The fraction of sp³-hybridized carbons (Fsp3) is 0.360. The van der Waals surface area contributed by atoms with E-state index in [2.05, 4.69) is 10.3 Å². The highest BCUT2D eigenvalue weighted by Crippen LogP contribution is 2.38. The molecule has 0 saturated heterocycles. The molecular formula is C25H25F6N3O. The molecule has 0 aliphatic heterocycles. The summed E-state index contributed by atoms with van der Waals surface area (Å²) in [6, 6.07) is 7.32. The van der Waals surface area contributed by atoms with E-state index in [1.54, 1.807) is 0 Å². The Balaban J connectivity index is 1.91. The van der Waals surface area contributed by atoms with Crippen LogP contribution >= 0.6 is 0 Å². The zero-order valence-corrected chi connectivity index (χ0v) is 19.2. The molecule has 0 fully saturated rings. The van der Waals surface area contributed by atoms with Crippen LogP contribution in [0.25, 0.3) is 16.8 Å². The van der Waals surface area contributed by atoms with Crippen molar-refractivity contribution in [1.29, 1.82) is 0 Å². The van der Waals surface area contributed by atoms with Crippen LogP contribution in [0.4, 0.5) is 26.3 Å². The van der Waals surface area contributed by atoms with Crippen LogP contribution in [-0.4, -0.2) is 21.5 Å². The SMILES string of the molecule is CCCC(CCC)NC(=O)c1cncn1-c1ccc(-c2cc(C(F)(F)F)cc(C(F)(F)F)c2)cc1. The average Bonchev–Trinajstić information content (AvgIpc) is 3.28. The maximum absolute atomic E-state index is 13.2. The Morgan fingerprint density at radius 2 is 1.43 bits per heavy atom. The summed E-state index contributed by atoms with van der Waals surface area (Å²) >= 11 is 0. The largest absolute Gasteiger partial charge is 0.416 e. The van der Waals surface area contributed by atoms with E-state index in [0.29, 0.717) is 17.8 Å². The molecule has 0 bridgehead atoms. The number of carbonyl (C=O) groups excluding carboxylic acids is 1. The summed E-state index contributed by atoms with van der Waals surface area (Å²) in [5.41, 5.74) is -2.05. The number of aromatic nitrogens is 2. The second kappa shape index (κ2) is 10.5. The van der Waals surface area contributed by atoms with Crippen molar-refractivity contribution in [2.45, 2.75) is 57.9 Å². The van der Waals surface area contributed by atoms with Gasteiger partial charge in [0.25, 0.3) is 5.91 Å². The number of carbonyl (C=O) groups is 1. The monoisotopic (exact) mass is 497 g/mol. The van der Waals surface area contributed by atoms with Crippen LogP contribution in [0.5, 0.6) is 0 Å². The molecule has 1 aromatic heterocycles. The smallest absolute Gasteiger partial charge is 0.348 e. The van der Waals surface area contributed by atoms with Gasteiger partial charge in [0, 0.05) is 11.7 Å². The first-order chi connectivity index (χ1) is 16.4. The minimum absolute atomic E-state index is 0.0203. The topological polar surface area (TPSA) is 46.9 Å². The van der Waals surface area contributed by atoms with Gasteiger partial charge in [0.2, 0.25) is 0 Å². The van der Waals surface area contributed by atoms with Gasteiger partial charge >= 0.3 is 12.4 Å². The van der Waals surface area contributed by atoms with Crippen LogP contribution in [-0.2, 0) is 12.4 Å². The van der Waals surface area contributed by atoms with Crippen molar-refractivity contribution >= 4 is 5.91 Å². The molecule has 0 spiro atoms. The molecule has 1 heterocycles. The highest BCUT2D eigenvalue weighted by atomic mass is 19.4. The maximum Gasteiger partial charge on any atom is 0.416 e. The summed E-state index contributed by atoms with van der Waals surface area (Å²) in [6.45, 7) is 4.06. The lowest BCUT2D eigenvalue weighted by Gasteiger charge is -2.18. The number of hydrogen-bond acceptors (Lipinski definition) is 2. The van der Waals surface area contributed by atoms with Gasteiger partial charge in [-0.1, -0.05) is 38.8 Å². The Hall–Kier alpha value is -3.30. The van der Waals surface area contributed by atoms with Gasteiger partial charge in [0.15, 0.2) is 0 Å². The Morgan fingerprint density at radius 3 is 1.91 bits per heavy atom. The molecule has 4 nitrogen and oxygen atoms in total. The maximum atomic E-state index is 13.2. The molecule has 35 heavy (non-hydrogen) atoms. The van der Waals surface area contributed by atoms with Crippen LogP contribution < -0.4 is 5.32 Å². The average molecular weight is 497 g/mol. The molecular weight excluding hydrogens is 472 g/mol. The van der Waals surface area contributed by atoms with Crippen molar-refractivity contribution < 1.29 is 31.1 Å². The lowest BCUT2D eigenvalue weighted by Crippen LogP contribution is -2.35. The molecule has 2 aromatic carbocycles. The van der Waals surface area contributed by atoms with E-state index >= 15 is 0 Å². The highest BCUT2D eigenvalue weighted by Gasteiger charge is 2.37. The number of imidazole rings is 1.